The summed E-state index contributed by atoms with van der Waals surface area (Å²) in [5, 5.41) is 0.561. The van der Waals surface area contributed by atoms with Gasteiger partial charge in [0.25, 0.3) is 0 Å². The van der Waals surface area contributed by atoms with Gasteiger partial charge in [-0.3, -0.25) is 0 Å². The van der Waals surface area contributed by atoms with Gasteiger partial charge in [0.05, 0.1) is 0 Å². The summed E-state index contributed by atoms with van der Waals surface area (Å²) >= 11 is 5.44. The van der Waals surface area contributed by atoms with Crippen molar-refractivity contribution in [1.29, 1.82) is 0 Å². The maximum absolute atomic E-state index is 12.0. The molecule has 1 rings (SSSR count). The second kappa shape index (κ2) is 3.95. The second-order valence-corrected chi connectivity index (χ2v) is 1.87. The average molecular weight is 138 g/mol. The first-order valence-corrected chi connectivity index (χ1v) is 2.58. The third-order valence-electron chi connectivity index (χ3n) is 0.804. The van der Waals surface area contributed by atoms with Crippen LogP contribution in [0.5, 0.6) is 0 Å². The zero-order valence-electron chi connectivity index (χ0n) is 6.07. The van der Waals surface area contributed by atoms with Crippen molar-refractivity contribution in [2.75, 3.05) is 0 Å². The summed E-state index contributed by atoms with van der Waals surface area (Å²) in [6.07, 6.45) is 0. The van der Waals surface area contributed by atoms with Crippen LogP contribution in [-0.2, 0) is 0 Å². The minimum absolute atomic E-state index is 0. The fraction of sp³-hybridized carbons (Fsp3) is 0. The normalized spacial score (nSPS) is 8.22. The second-order valence-electron chi connectivity index (χ2n) is 1.44. The molecule has 0 saturated carbocycles. The van der Waals surface area contributed by atoms with Gasteiger partial charge >= 0.3 is 18.9 Å². The third kappa shape index (κ3) is 2.91. The summed E-state index contributed by atoms with van der Waals surface area (Å²) in [5.41, 5.74) is 0. The standard InChI is InChI=1S/C6H4ClF.Li.H/c7-5-1-3-6(8)4-2-5;;/h1-4H;;/q;+1;-1. The number of halogens is 2. The Hall–Kier alpha value is 0.0374. The monoisotopic (exact) mass is 138 g/mol. The number of hydrogen-bond acceptors (Lipinski definition) is 0. The molecular formula is C6H5ClFLi. The van der Waals surface area contributed by atoms with Gasteiger partial charge < -0.3 is 1.43 Å². The van der Waals surface area contributed by atoms with Crippen molar-refractivity contribution in [3.05, 3.63) is 35.1 Å². The molecule has 0 spiro atoms. The van der Waals surface area contributed by atoms with E-state index in [0.29, 0.717) is 5.02 Å². The van der Waals surface area contributed by atoms with Crippen LogP contribution in [0.3, 0.4) is 0 Å². The first kappa shape index (κ1) is 9.04. The van der Waals surface area contributed by atoms with Crippen molar-refractivity contribution in [3.8, 4) is 0 Å². The van der Waals surface area contributed by atoms with Crippen molar-refractivity contribution in [3.63, 3.8) is 0 Å². The predicted molar refractivity (Wildman–Crippen MR) is 32.5 cm³/mol. The molecule has 0 fully saturated rings. The number of hydrogen-bond donors (Lipinski definition) is 0. The minimum atomic E-state index is -0.255. The van der Waals surface area contributed by atoms with E-state index in [0.717, 1.165) is 0 Å². The van der Waals surface area contributed by atoms with Crippen LogP contribution >= 0.6 is 11.6 Å². The average Bonchev–Trinajstić information content (AvgIpc) is 1.77. The Labute approximate surface area is 71.7 Å². The van der Waals surface area contributed by atoms with Gasteiger partial charge in [0.15, 0.2) is 0 Å². The molecule has 9 heavy (non-hydrogen) atoms. The van der Waals surface area contributed by atoms with Crippen molar-refractivity contribution < 1.29 is 24.7 Å². The summed E-state index contributed by atoms with van der Waals surface area (Å²) in [6, 6.07) is 5.67. The van der Waals surface area contributed by atoms with Gasteiger partial charge in [-0.05, 0) is 24.3 Å². The Kier molecular flexibility index (Phi) is 3.97. The molecule has 1 aromatic carbocycles. The van der Waals surface area contributed by atoms with Crippen molar-refractivity contribution in [2.45, 2.75) is 0 Å². The summed E-state index contributed by atoms with van der Waals surface area (Å²) in [6.45, 7) is 0. The molecule has 0 bridgehead atoms. The predicted octanol–water partition coefficient (Wildman–Crippen LogP) is -0.404. The smallest absolute Gasteiger partial charge is 1.00 e. The maximum Gasteiger partial charge on any atom is 1.00 e. The molecule has 0 heterocycles. The zero-order valence-corrected chi connectivity index (χ0v) is 5.82. The van der Waals surface area contributed by atoms with Gasteiger partial charge in [-0.25, -0.2) is 4.39 Å². The van der Waals surface area contributed by atoms with E-state index < -0.39 is 0 Å². The molecule has 0 aliphatic carbocycles. The summed E-state index contributed by atoms with van der Waals surface area (Å²) in [4.78, 5) is 0. The van der Waals surface area contributed by atoms with Crippen molar-refractivity contribution in [1.82, 2.24) is 0 Å². The van der Waals surface area contributed by atoms with E-state index in [1.807, 2.05) is 0 Å². The molecule has 44 valence electrons. The van der Waals surface area contributed by atoms with Crippen molar-refractivity contribution in [2.24, 2.45) is 0 Å². The molecule has 0 aliphatic rings. The van der Waals surface area contributed by atoms with E-state index in [9.17, 15) is 4.39 Å². The largest absolute Gasteiger partial charge is 1.00 e. The molecule has 0 unspecified atom stereocenters. The summed E-state index contributed by atoms with van der Waals surface area (Å²) in [7, 11) is 0. The Balaban J connectivity index is 0. The van der Waals surface area contributed by atoms with Gasteiger partial charge in [0, 0.05) is 5.02 Å². The molecule has 3 heteroatoms. The van der Waals surface area contributed by atoms with Gasteiger partial charge in [-0.2, -0.15) is 0 Å². The number of rotatable bonds is 0. The zero-order chi connectivity index (χ0) is 5.98. The minimum Gasteiger partial charge on any atom is -1.00 e. The van der Waals surface area contributed by atoms with Crippen LogP contribution in [-0.4, -0.2) is 0 Å². The van der Waals surface area contributed by atoms with Gasteiger partial charge in [-0.1, -0.05) is 11.6 Å². The van der Waals surface area contributed by atoms with Gasteiger partial charge in [0.1, 0.15) is 5.82 Å². The van der Waals surface area contributed by atoms with Crippen LogP contribution < -0.4 is 18.9 Å². The van der Waals surface area contributed by atoms with E-state index in [-0.39, 0.29) is 26.1 Å². The Bertz CT molecular complexity index is 157. The van der Waals surface area contributed by atoms with E-state index in [4.69, 9.17) is 11.6 Å². The molecule has 0 nitrogen and oxygen atoms in total. The molecule has 0 amide bonds. The summed E-state index contributed by atoms with van der Waals surface area (Å²) < 4.78 is 12.0. The van der Waals surface area contributed by atoms with Crippen LogP contribution in [0.15, 0.2) is 24.3 Å². The van der Waals surface area contributed by atoms with Gasteiger partial charge in [0.2, 0.25) is 0 Å². The topological polar surface area (TPSA) is 0 Å². The Morgan fingerprint density at radius 1 is 1.22 bits per heavy atom. The van der Waals surface area contributed by atoms with Crippen LogP contribution in [0, 0.1) is 5.82 Å². The third-order valence-corrected chi connectivity index (χ3v) is 1.06. The Morgan fingerprint density at radius 2 is 1.67 bits per heavy atom. The fourth-order valence-electron chi connectivity index (χ4n) is 0.430. The molecular weight excluding hydrogens is 133 g/mol. The first-order chi connectivity index (χ1) is 3.79. The van der Waals surface area contributed by atoms with Gasteiger partial charge in [-0.15, -0.1) is 0 Å². The maximum atomic E-state index is 12.0. The molecule has 1 aromatic rings. The molecule has 0 N–H and O–H groups in total. The van der Waals surface area contributed by atoms with Crippen LogP contribution in [0.4, 0.5) is 4.39 Å². The fourth-order valence-corrected chi connectivity index (χ4v) is 0.556. The molecule has 0 saturated heterocycles. The van der Waals surface area contributed by atoms with E-state index in [1.165, 1.54) is 24.3 Å². The number of benzene rings is 1. The van der Waals surface area contributed by atoms with E-state index in [2.05, 4.69) is 0 Å². The Morgan fingerprint density at radius 3 is 2.00 bits per heavy atom. The SMILES string of the molecule is Fc1ccc(Cl)cc1.[H-].[Li+]. The van der Waals surface area contributed by atoms with Crippen LogP contribution in [0.1, 0.15) is 1.43 Å². The van der Waals surface area contributed by atoms with Crippen LogP contribution in [0.25, 0.3) is 0 Å². The quantitative estimate of drug-likeness (QED) is 0.428. The summed E-state index contributed by atoms with van der Waals surface area (Å²) in [5.74, 6) is -0.255. The molecule has 0 atom stereocenters. The molecule has 0 aromatic heterocycles. The van der Waals surface area contributed by atoms with Crippen LogP contribution in [0.2, 0.25) is 5.02 Å². The molecule has 0 aliphatic heterocycles. The van der Waals surface area contributed by atoms with Crippen molar-refractivity contribution >= 4 is 11.6 Å². The van der Waals surface area contributed by atoms with E-state index >= 15 is 0 Å². The molecule has 0 radical (unpaired) electrons. The first-order valence-electron chi connectivity index (χ1n) is 2.20. The van der Waals surface area contributed by atoms with E-state index in [1.54, 1.807) is 0 Å².